The number of fused-ring (bicyclic) bond motifs is 3. The second kappa shape index (κ2) is 5.65. The van der Waals surface area contributed by atoms with Crippen LogP contribution in [-0.2, 0) is 9.47 Å². The van der Waals surface area contributed by atoms with Crippen LogP contribution in [0.3, 0.4) is 0 Å². The molecule has 0 fully saturated rings. The standard InChI is InChI=1S/C16H10N2O6/c1-23-15(21)9-5-3-7-11(17-9)12-8(14(20)13(7)19)4-6-10(18-12)16(22)24-2/h3-6H,1-2H3. The molecule has 0 saturated heterocycles. The number of nitrogens with zero attached hydrogens (tertiary/aromatic N) is 2. The third kappa shape index (κ3) is 2.24. The lowest BCUT2D eigenvalue weighted by Gasteiger charge is -2.17. The summed E-state index contributed by atoms with van der Waals surface area (Å²) in [5.41, 5.74) is 0.0140. The second-order valence-corrected chi connectivity index (χ2v) is 4.83. The van der Waals surface area contributed by atoms with Gasteiger partial charge in [-0.15, -0.1) is 0 Å². The molecule has 0 aromatic carbocycles. The van der Waals surface area contributed by atoms with Gasteiger partial charge in [0.05, 0.1) is 25.3 Å². The number of ether oxygens (including phenoxy) is 2. The quantitative estimate of drug-likeness (QED) is 0.595. The van der Waals surface area contributed by atoms with E-state index in [1.807, 2.05) is 0 Å². The van der Waals surface area contributed by atoms with Gasteiger partial charge in [-0.05, 0) is 24.3 Å². The lowest BCUT2D eigenvalue weighted by molar-refractivity contribution is 0.0584. The molecular weight excluding hydrogens is 316 g/mol. The van der Waals surface area contributed by atoms with Crippen LogP contribution >= 0.6 is 0 Å². The molecule has 8 nitrogen and oxygen atoms in total. The molecule has 0 aliphatic heterocycles. The van der Waals surface area contributed by atoms with Gasteiger partial charge in [0, 0.05) is 0 Å². The molecular formula is C16H10N2O6. The molecule has 3 rings (SSSR count). The summed E-state index contributed by atoms with van der Waals surface area (Å²) < 4.78 is 9.19. The van der Waals surface area contributed by atoms with Crippen LogP contribution in [0.15, 0.2) is 24.3 Å². The molecule has 2 aromatic rings. The highest BCUT2D eigenvalue weighted by Gasteiger charge is 2.34. The van der Waals surface area contributed by atoms with Gasteiger partial charge in [-0.25, -0.2) is 19.6 Å². The number of hydrogen-bond donors (Lipinski definition) is 0. The first-order chi connectivity index (χ1) is 11.5. The van der Waals surface area contributed by atoms with Crippen LogP contribution in [0.4, 0.5) is 0 Å². The largest absolute Gasteiger partial charge is 0.464 e. The van der Waals surface area contributed by atoms with E-state index in [2.05, 4.69) is 19.4 Å². The zero-order valence-corrected chi connectivity index (χ0v) is 12.7. The van der Waals surface area contributed by atoms with Crippen molar-refractivity contribution in [1.29, 1.82) is 0 Å². The molecule has 1 aliphatic carbocycles. The third-order valence-corrected chi connectivity index (χ3v) is 3.50. The Labute approximate surface area is 135 Å². The minimum Gasteiger partial charge on any atom is -0.464 e. The molecule has 0 atom stereocenters. The van der Waals surface area contributed by atoms with Crippen molar-refractivity contribution in [2.24, 2.45) is 0 Å². The van der Waals surface area contributed by atoms with Gasteiger partial charge in [0.2, 0.25) is 11.6 Å². The molecule has 120 valence electrons. The third-order valence-electron chi connectivity index (χ3n) is 3.50. The van der Waals surface area contributed by atoms with E-state index in [0.717, 1.165) is 0 Å². The molecule has 24 heavy (non-hydrogen) atoms. The fourth-order valence-corrected chi connectivity index (χ4v) is 2.33. The van der Waals surface area contributed by atoms with Crippen LogP contribution in [0, 0.1) is 0 Å². The number of Topliss-reactive ketones (excluding diaryl/α,β-unsaturated/α-hetero) is 2. The number of carbonyl (C=O) groups excluding carboxylic acids is 4. The smallest absolute Gasteiger partial charge is 0.356 e. The Bertz CT molecular complexity index is 843. The van der Waals surface area contributed by atoms with Gasteiger partial charge in [0.25, 0.3) is 0 Å². The van der Waals surface area contributed by atoms with Crippen LogP contribution in [0.2, 0.25) is 0 Å². The first-order valence-corrected chi connectivity index (χ1v) is 6.76. The average molecular weight is 326 g/mol. The van der Waals surface area contributed by atoms with Crippen molar-refractivity contribution in [1.82, 2.24) is 9.97 Å². The molecule has 0 amide bonds. The topological polar surface area (TPSA) is 113 Å². The number of esters is 2. The Morgan fingerprint density at radius 3 is 1.46 bits per heavy atom. The molecule has 2 heterocycles. The van der Waals surface area contributed by atoms with E-state index in [9.17, 15) is 19.2 Å². The Hall–Kier alpha value is -3.42. The van der Waals surface area contributed by atoms with Gasteiger partial charge >= 0.3 is 11.9 Å². The van der Waals surface area contributed by atoms with Gasteiger partial charge in [-0.3, -0.25) is 9.59 Å². The Morgan fingerprint density at radius 1 is 0.750 bits per heavy atom. The summed E-state index contributed by atoms with van der Waals surface area (Å²) in [7, 11) is 2.39. The molecule has 2 aromatic heterocycles. The summed E-state index contributed by atoms with van der Waals surface area (Å²) in [6.07, 6.45) is 0. The molecule has 0 radical (unpaired) electrons. The maximum absolute atomic E-state index is 12.2. The van der Waals surface area contributed by atoms with E-state index in [1.165, 1.54) is 38.5 Å². The van der Waals surface area contributed by atoms with E-state index in [-0.39, 0.29) is 33.9 Å². The number of methoxy groups -OCH3 is 2. The van der Waals surface area contributed by atoms with Gasteiger partial charge in [0.1, 0.15) is 22.8 Å². The predicted octanol–water partition coefficient (Wildman–Crippen LogP) is 1.10. The minimum absolute atomic E-state index is 0.00895. The minimum atomic E-state index is -0.756. The Balaban J connectivity index is 2.27. The van der Waals surface area contributed by atoms with Crippen LogP contribution in [0.5, 0.6) is 0 Å². The van der Waals surface area contributed by atoms with E-state index < -0.39 is 23.5 Å². The Kier molecular flexibility index (Phi) is 3.64. The van der Waals surface area contributed by atoms with Crippen LogP contribution in [0.1, 0.15) is 41.7 Å². The molecule has 1 aliphatic rings. The number of hydrogen-bond acceptors (Lipinski definition) is 8. The molecule has 0 N–H and O–H groups in total. The number of pyridine rings is 2. The predicted molar refractivity (Wildman–Crippen MR) is 78.8 cm³/mol. The highest BCUT2D eigenvalue weighted by Crippen LogP contribution is 2.31. The van der Waals surface area contributed by atoms with Crippen LogP contribution in [-0.4, -0.2) is 47.7 Å². The molecule has 0 unspecified atom stereocenters. The lowest BCUT2D eigenvalue weighted by Crippen LogP contribution is -2.24. The zero-order valence-electron chi connectivity index (χ0n) is 12.7. The van der Waals surface area contributed by atoms with Gasteiger partial charge in [-0.1, -0.05) is 0 Å². The summed E-state index contributed by atoms with van der Waals surface area (Å²) >= 11 is 0. The van der Waals surface area contributed by atoms with Gasteiger partial charge < -0.3 is 9.47 Å². The fraction of sp³-hybridized carbons (Fsp3) is 0.125. The lowest BCUT2D eigenvalue weighted by atomic mass is 9.90. The van der Waals surface area contributed by atoms with Crippen molar-refractivity contribution in [2.45, 2.75) is 0 Å². The summed E-state index contributed by atoms with van der Waals surface area (Å²) in [6, 6.07) is 5.19. The molecule has 0 bridgehead atoms. The highest BCUT2D eigenvalue weighted by atomic mass is 16.5. The van der Waals surface area contributed by atoms with E-state index in [4.69, 9.17) is 0 Å². The SMILES string of the molecule is COC(=O)c1ccc2c(n1)-c1nc(C(=O)OC)ccc1C(=O)C2=O. The van der Waals surface area contributed by atoms with Crippen LogP contribution < -0.4 is 0 Å². The van der Waals surface area contributed by atoms with E-state index in [0.29, 0.717) is 0 Å². The maximum atomic E-state index is 12.2. The number of aromatic nitrogens is 2. The second-order valence-electron chi connectivity index (χ2n) is 4.83. The highest BCUT2D eigenvalue weighted by molar-refractivity contribution is 6.52. The van der Waals surface area contributed by atoms with Gasteiger partial charge in [-0.2, -0.15) is 0 Å². The summed E-state index contributed by atoms with van der Waals surface area (Å²) in [6.45, 7) is 0. The van der Waals surface area contributed by atoms with Crippen molar-refractivity contribution in [3.63, 3.8) is 0 Å². The van der Waals surface area contributed by atoms with Gasteiger partial charge in [0.15, 0.2) is 0 Å². The van der Waals surface area contributed by atoms with Crippen molar-refractivity contribution >= 4 is 23.5 Å². The first-order valence-electron chi connectivity index (χ1n) is 6.76. The van der Waals surface area contributed by atoms with E-state index >= 15 is 0 Å². The molecule has 8 heteroatoms. The van der Waals surface area contributed by atoms with Crippen molar-refractivity contribution in [3.05, 3.63) is 46.8 Å². The number of carbonyl (C=O) groups is 4. The van der Waals surface area contributed by atoms with Crippen molar-refractivity contribution in [3.8, 4) is 11.4 Å². The van der Waals surface area contributed by atoms with Crippen molar-refractivity contribution in [2.75, 3.05) is 14.2 Å². The molecule has 0 saturated carbocycles. The Morgan fingerprint density at radius 2 is 1.12 bits per heavy atom. The number of ketones is 2. The molecule has 0 spiro atoms. The fourth-order valence-electron chi connectivity index (χ4n) is 2.33. The maximum Gasteiger partial charge on any atom is 0.356 e. The summed E-state index contributed by atoms with van der Waals surface area (Å²) in [4.78, 5) is 55.8. The zero-order chi connectivity index (χ0) is 17.4. The van der Waals surface area contributed by atoms with Crippen LogP contribution in [0.25, 0.3) is 11.4 Å². The van der Waals surface area contributed by atoms with E-state index in [1.54, 1.807) is 0 Å². The van der Waals surface area contributed by atoms with Crippen molar-refractivity contribution < 1.29 is 28.7 Å². The summed E-state index contributed by atoms with van der Waals surface area (Å²) in [5, 5.41) is 0. The summed E-state index contributed by atoms with van der Waals surface area (Å²) in [5.74, 6) is -2.91. The monoisotopic (exact) mass is 326 g/mol. The first kappa shape index (κ1) is 15.5. The number of rotatable bonds is 2. The normalized spacial score (nSPS) is 12.2. The average Bonchev–Trinajstić information content (AvgIpc) is 2.63.